The van der Waals surface area contributed by atoms with Crippen molar-refractivity contribution in [1.29, 1.82) is 0 Å². The minimum atomic E-state index is -0.639. The fourth-order valence-corrected chi connectivity index (χ4v) is 1.82. The quantitative estimate of drug-likeness (QED) is 0.391. The largest absolute Gasteiger partial charge is 0.460 e. The summed E-state index contributed by atoms with van der Waals surface area (Å²) in [6.45, 7) is 4.34. The van der Waals surface area contributed by atoms with E-state index in [0.29, 0.717) is 25.8 Å². The molecule has 0 unspecified atom stereocenters. The molecule has 0 aromatic heterocycles. The van der Waals surface area contributed by atoms with Crippen LogP contribution in [-0.4, -0.2) is 31.3 Å². The highest BCUT2D eigenvalue weighted by Crippen LogP contribution is 2.02. The van der Waals surface area contributed by atoms with Gasteiger partial charge in [-0.15, -0.1) is 0 Å². The molecule has 0 radical (unpaired) electrons. The van der Waals surface area contributed by atoms with E-state index in [1.807, 2.05) is 30.3 Å². The molecule has 0 heterocycles. The van der Waals surface area contributed by atoms with Gasteiger partial charge in [0.1, 0.15) is 19.3 Å². The van der Waals surface area contributed by atoms with Crippen molar-refractivity contribution in [3.05, 3.63) is 48.6 Å². The monoisotopic (exact) mass is 320 g/mol. The lowest BCUT2D eigenvalue weighted by atomic mass is 10.1. The normalized spacial score (nSPS) is 11.3. The summed E-state index contributed by atoms with van der Waals surface area (Å²) < 4.78 is 9.93. The Labute approximate surface area is 136 Å². The van der Waals surface area contributed by atoms with Crippen LogP contribution in [0.5, 0.6) is 0 Å². The predicted octanol–water partition coefficient (Wildman–Crippen LogP) is 2.14. The maximum atomic E-state index is 11.5. The lowest BCUT2D eigenvalue weighted by Gasteiger charge is -2.10. The van der Waals surface area contributed by atoms with Crippen LogP contribution in [0.25, 0.3) is 0 Å². The molecule has 1 amide bonds. The van der Waals surface area contributed by atoms with Crippen molar-refractivity contribution in [2.45, 2.75) is 31.9 Å². The molecule has 1 atom stereocenters. The molecule has 3 N–H and O–H groups in total. The number of hydrogen-bond acceptors (Lipinski definition) is 5. The van der Waals surface area contributed by atoms with E-state index >= 15 is 0 Å². The number of carbonyl (C=O) groups excluding carboxylic acids is 2. The number of benzene rings is 1. The van der Waals surface area contributed by atoms with Gasteiger partial charge in [0, 0.05) is 6.54 Å². The Bertz CT molecular complexity index is 491. The number of nitrogens with one attached hydrogen (secondary N) is 1. The van der Waals surface area contributed by atoms with Crippen LogP contribution in [0.3, 0.4) is 0 Å². The Kier molecular flexibility index (Phi) is 9.16. The number of alkyl carbamates (subject to hydrolysis) is 1. The third-order valence-electron chi connectivity index (χ3n) is 3.07. The van der Waals surface area contributed by atoms with E-state index in [-0.39, 0.29) is 13.2 Å². The maximum absolute atomic E-state index is 11.5. The van der Waals surface area contributed by atoms with Crippen molar-refractivity contribution in [3.8, 4) is 0 Å². The molecule has 0 saturated heterocycles. The topological polar surface area (TPSA) is 90.6 Å². The molecule has 0 saturated carbocycles. The van der Waals surface area contributed by atoms with Gasteiger partial charge in [-0.1, -0.05) is 43.0 Å². The van der Waals surface area contributed by atoms with Crippen LogP contribution in [0, 0.1) is 0 Å². The first-order valence-corrected chi connectivity index (χ1v) is 7.61. The lowest BCUT2D eigenvalue weighted by Crippen LogP contribution is -2.32. The highest BCUT2D eigenvalue weighted by molar-refractivity contribution is 5.75. The second-order valence-electron chi connectivity index (χ2n) is 5.01. The van der Waals surface area contributed by atoms with Gasteiger partial charge in [-0.2, -0.15) is 0 Å². The Morgan fingerprint density at radius 2 is 1.96 bits per heavy atom. The van der Waals surface area contributed by atoms with Crippen LogP contribution in [-0.2, 0) is 20.9 Å². The molecular weight excluding hydrogens is 296 g/mol. The highest BCUT2D eigenvalue weighted by atomic mass is 16.5. The summed E-state index contributed by atoms with van der Waals surface area (Å²) in [4.78, 5) is 22.9. The molecule has 1 aromatic rings. The molecule has 0 aliphatic rings. The summed E-state index contributed by atoms with van der Waals surface area (Å²) in [7, 11) is 0. The van der Waals surface area contributed by atoms with Crippen molar-refractivity contribution < 1.29 is 19.1 Å². The standard InChI is InChI=1S/C17H24N2O4/c1-2-12-22-16(20)15(18)10-6-7-11-19-17(21)23-13-14-8-4-3-5-9-14/h2-5,8-9,15H,1,6-7,10-13,18H2,(H,19,21)/t15-/m1/s1. The summed E-state index contributed by atoms with van der Waals surface area (Å²) in [5, 5.41) is 2.66. The van der Waals surface area contributed by atoms with E-state index in [1.54, 1.807) is 0 Å². The Balaban J connectivity index is 2.04. The van der Waals surface area contributed by atoms with Crippen molar-refractivity contribution in [2.24, 2.45) is 5.73 Å². The molecule has 0 bridgehead atoms. The van der Waals surface area contributed by atoms with Crippen molar-refractivity contribution in [2.75, 3.05) is 13.2 Å². The molecule has 1 aromatic carbocycles. The van der Waals surface area contributed by atoms with Crippen LogP contribution in [0.15, 0.2) is 43.0 Å². The van der Waals surface area contributed by atoms with Crippen LogP contribution >= 0.6 is 0 Å². The van der Waals surface area contributed by atoms with E-state index in [0.717, 1.165) is 5.56 Å². The van der Waals surface area contributed by atoms with E-state index < -0.39 is 18.1 Å². The number of ether oxygens (including phenoxy) is 2. The van der Waals surface area contributed by atoms with Crippen molar-refractivity contribution in [3.63, 3.8) is 0 Å². The van der Waals surface area contributed by atoms with Crippen LogP contribution in [0.4, 0.5) is 4.79 Å². The number of hydrogen-bond donors (Lipinski definition) is 2. The number of amides is 1. The zero-order valence-corrected chi connectivity index (χ0v) is 13.2. The van der Waals surface area contributed by atoms with Crippen LogP contribution in [0.1, 0.15) is 24.8 Å². The van der Waals surface area contributed by atoms with Gasteiger partial charge in [0.2, 0.25) is 0 Å². The Hall–Kier alpha value is -2.34. The molecule has 23 heavy (non-hydrogen) atoms. The van der Waals surface area contributed by atoms with E-state index in [9.17, 15) is 9.59 Å². The van der Waals surface area contributed by atoms with Gasteiger partial charge in [-0.05, 0) is 24.8 Å². The summed E-state index contributed by atoms with van der Waals surface area (Å²) in [6.07, 6.45) is 2.97. The Morgan fingerprint density at radius 3 is 2.65 bits per heavy atom. The predicted molar refractivity (Wildman–Crippen MR) is 87.6 cm³/mol. The highest BCUT2D eigenvalue weighted by Gasteiger charge is 2.13. The van der Waals surface area contributed by atoms with Gasteiger partial charge < -0.3 is 20.5 Å². The molecule has 6 heteroatoms. The molecule has 0 aliphatic carbocycles. The molecule has 6 nitrogen and oxygen atoms in total. The summed E-state index contributed by atoms with van der Waals surface area (Å²) in [5.41, 5.74) is 6.63. The number of carbonyl (C=O) groups is 2. The van der Waals surface area contributed by atoms with Gasteiger partial charge in [-0.25, -0.2) is 4.79 Å². The van der Waals surface area contributed by atoms with Crippen LogP contribution in [0.2, 0.25) is 0 Å². The summed E-state index contributed by atoms with van der Waals surface area (Å²) in [6, 6.07) is 8.82. The third kappa shape index (κ3) is 8.63. The van der Waals surface area contributed by atoms with E-state index in [4.69, 9.17) is 15.2 Å². The van der Waals surface area contributed by atoms with Crippen molar-refractivity contribution in [1.82, 2.24) is 5.32 Å². The van der Waals surface area contributed by atoms with Gasteiger partial charge in [0.25, 0.3) is 0 Å². The number of rotatable bonds is 10. The molecule has 0 spiro atoms. The molecule has 0 fully saturated rings. The van der Waals surface area contributed by atoms with Gasteiger partial charge in [0.15, 0.2) is 0 Å². The maximum Gasteiger partial charge on any atom is 0.407 e. The van der Waals surface area contributed by atoms with E-state index in [2.05, 4.69) is 11.9 Å². The number of unbranched alkanes of at least 4 members (excludes halogenated alkanes) is 1. The average molecular weight is 320 g/mol. The average Bonchev–Trinajstić information content (AvgIpc) is 2.58. The number of nitrogens with two attached hydrogens (primary N) is 1. The summed E-state index contributed by atoms with van der Waals surface area (Å²) >= 11 is 0. The molecule has 0 aliphatic heterocycles. The fraction of sp³-hybridized carbons (Fsp3) is 0.412. The third-order valence-corrected chi connectivity index (χ3v) is 3.07. The van der Waals surface area contributed by atoms with Gasteiger partial charge >= 0.3 is 12.1 Å². The van der Waals surface area contributed by atoms with Crippen LogP contribution < -0.4 is 11.1 Å². The smallest absolute Gasteiger partial charge is 0.407 e. The zero-order valence-electron chi connectivity index (χ0n) is 13.2. The second kappa shape index (κ2) is 11.3. The lowest BCUT2D eigenvalue weighted by molar-refractivity contribution is -0.144. The zero-order chi connectivity index (χ0) is 16.9. The minimum absolute atomic E-state index is 0.168. The second-order valence-corrected chi connectivity index (χ2v) is 5.01. The molecule has 126 valence electrons. The van der Waals surface area contributed by atoms with Gasteiger partial charge in [-0.3, -0.25) is 4.79 Å². The summed E-state index contributed by atoms with van der Waals surface area (Å²) in [5.74, 6) is -0.430. The fourth-order valence-electron chi connectivity index (χ4n) is 1.82. The number of esters is 1. The van der Waals surface area contributed by atoms with E-state index in [1.165, 1.54) is 6.08 Å². The first kappa shape index (κ1) is 18.7. The minimum Gasteiger partial charge on any atom is -0.460 e. The molecular formula is C17H24N2O4. The first-order valence-electron chi connectivity index (χ1n) is 7.61. The molecule has 1 rings (SSSR count). The van der Waals surface area contributed by atoms with Crippen molar-refractivity contribution >= 4 is 12.1 Å². The first-order chi connectivity index (χ1) is 11.1. The van der Waals surface area contributed by atoms with Gasteiger partial charge in [0.05, 0.1) is 0 Å². The Morgan fingerprint density at radius 1 is 1.22 bits per heavy atom. The SMILES string of the molecule is C=CCOC(=O)[C@H](N)CCCCNC(=O)OCc1ccccc1.